The first-order valence-electron chi connectivity index (χ1n) is 4.86. The summed E-state index contributed by atoms with van der Waals surface area (Å²) in [4.78, 5) is 0. The van der Waals surface area contributed by atoms with Crippen LogP contribution in [0.4, 0.5) is 0 Å². The van der Waals surface area contributed by atoms with Gasteiger partial charge in [0.05, 0.1) is 5.02 Å². The topological polar surface area (TPSA) is 25.2 Å². The first-order valence-corrected chi connectivity index (χ1v) is 5.62. The molecule has 1 N–H and O–H groups in total. The molecule has 0 atom stereocenters. The van der Waals surface area contributed by atoms with E-state index >= 15 is 0 Å². The molecule has 3 rings (SSSR count). The minimum Gasteiger partial charge on any atom is -0.459 e. The summed E-state index contributed by atoms with van der Waals surface area (Å²) in [6.45, 7) is 1.80. The van der Waals surface area contributed by atoms with Gasteiger partial charge in [0.15, 0.2) is 5.58 Å². The molecule has 0 radical (unpaired) electrons. The zero-order valence-electron chi connectivity index (χ0n) is 7.94. The van der Waals surface area contributed by atoms with E-state index in [2.05, 4.69) is 5.32 Å². The largest absolute Gasteiger partial charge is 0.459 e. The van der Waals surface area contributed by atoms with Gasteiger partial charge in [-0.15, -0.1) is 0 Å². The van der Waals surface area contributed by atoms with E-state index in [0.29, 0.717) is 10.0 Å². The van der Waals surface area contributed by atoms with Crippen molar-refractivity contribution in [2.24, 2.45) is 0 Å². The summed E-state index contributed by atoms with van der Waals surface area (Å²) in [6.07, 6.45) is 0.915. The standard InChI is InChI=1S/C11H9Cl2NO/c12-8-2-1-6-7-5-14-4-3-9(7)15-11(6)10(8)13/h1-2,14H,3-5H2. The van der Waals surface area contributed by atoms with Crippen molar-refractivity contribution in [2.45, 2.75) is 13.0 Å². The molecule has 0 fully saturated rings. The van der Waals surface area contributed by atoms with E-state index in [1.807, 2.05) is 12.1 Å². The average Bonchev–Trinajstić information content (AvgIpc) is 2.63. The monoisotopic (exact) mass is 241 g/mol. The van der Waals surface area contributed by atoms with Gasteiger partial charge in [-0.2, -0.15) is 0 Å². The Labute approximate surface area is 97.2 Å². The van der Waals surface area contributed by atoms with Crippen LogP contribution in [0.2, 0.25) is 10.0 Å². The molecule has 1 aromatic heterocycles. The molecule has 0 bridgehead atoms. The molecule has 0 amide bonds. The van der Waals surface area contributed by atoms with Crippen LogP contribution in [-0.2, 0) is 13.0 Å². The van der Waals surface area contributed by atoms with Gasteiger partial charge in [0.2, 0.25) is 0 Å². The summed E-state index contributed by atoms with van der Waals surface area (Å²) in [7, 11) is 0. The Morgan fingerprint density at radius 3 is 3.00 bits per heavy atom. The third-order valence-electron chi connectivity index (χ3n) is 2.77. The lowest BCUT2D eigenvalue weighted by Gasteiger charge is -2.10. The van der Waals surface area contributed by atoms with E-state index in [9.17, 15) is 0 Å². The zero-order valence-corrected chi connectivity index (χ0v) is 9.45. The van der Waals surface area contributed by atoms with Crippen LogP contribution in [0.25, 0.3) is 11.0 Å². The molecular formula is C11H9Cl2NO. The van der Waals surface area contributed by atoms with Gasteiger partial charge in [0.25, 0.3) is 0 Å². The van der Waals surface area contributed by atoms with Crippen molar-refractivity contribution in [1.29, 1.82) is 0 Å². The highest BCUT2D eigenvalue weighted by molar-refractivity contribution is 6.44. The van der Waals surface area contributed by atoms with Crippen molar-refractivity contribution >= 4 is 34.2 Å². The number of benzene rings is 1. The van der Waals surface area contributed by atoms with Gasteiger partial charge in [-0.05, 0) is 12.1 Å². The summed E-state index contributed by atoms with van der Waals surface area (Å²) < 4.78 is 5.75. The van der Waals surface area contributed by atoms with Gasteiger partial charge >= 0.3 is 0 Å². The van der Waals surface area contributed by atoms with E-state index < -0.39 is 0 Å². The van der Waals surface area contributed by atoms with E-state index in [0.717, 1.165) is 36.2 Å². The summed E-state index contributed by atoms with van der Waals surface area (Å²) in [6, 6.07) is 3.79. The molecule has 0 saturated carbocycles. The Morgan fingerprint density at radius 1 is 1.27 bits per heavy atom. The summed E-state index contributed by atoms with van der Waals surface area (Å²) in [5.74, 6) is 1.04. The van der Waals surface area contributed by atoms with Gasteiger partial charge < -0.3 is 9.73 Å². The minimum absolute atomic E-state index is 0.517. The van der Waals surface area contributed by atoms with Crippen LogP contribution < -0.4 is 5.32 Å². The van der Waals surface area contributed by atoms with Gasteiger partial charge in [-0.25, -0.2) is 0 Å². The highest BCUT2D eigenvalue weighted by atomic mass is 35.5. The van der Waals surface area contributed by atoms with Crippen molar-refractivity contribution in [1.82, 2.24) is 5.32 Å². The van der Waals surface area contributed by atoms with Gasteiger partial charge in [0.1, 0.15) is 10.8 Å². The minimum atomic E-state index is 0.517. The van der Waals surface area contributed by atoms with Crippen molar-refractivity contribution in [3.63, 3.8) is 0 Å². The smallest absolute Gasteiger partial charge is 0.154 e. The number of furan rings is 1. The highest BCUT2D eigenvalue weighted by Gasteiger charge is 2.19. The predicted octanol–water partition coefficient (Wildman–Crippen LogP) is 3.39. The summed E-state index contributed by atoms with van der Waals surface area (Å²) in [5.41, 5.74) is 1.94. The molecular weight excluding hydrogens is 233 g/mol. The molecule has 1 aliphatic rings. The SMILES string of the molecule is Clc1ccc2c3c(oc2c1Cl)CCNC3. The molecule has 2 aromatic rings. The fraction of sp³-hybridized carbons (Fsp3) is 0.273. The lowest BCUT2D eigenvalue weighted by atomic mass is 10.1. The molecule has 0 aliphatic carbocycles. The molecule has 0 unspecified atom stereocenters. The van der Waals surface area contributed by atoms with Crippen molar-refractivity contribution in [3.05, 3.63) is 33.5 Å². The maximum atomic E-state index is 6.10. The molecule has 2 nitrogen and oxygen atoms in total. The number of nitrogens with one attached hydrogen (secondary N) is 1. The van der Waals surface area contributed by atoms with Crippen molar-refractivity contribution < 1.29 is 4.42 Å². The Balaban J connectivity index is 2.36. The van der Waals surface area contributed by atoms with Crippen LogP contribution in [-0.4, -0.2) is 6.54 Å². The van der Waals surface area contributed by atoms with Gasteiger partial charge in [-0.1, -0.05) is 23.2 Å². The summed E-state index contributed by atoms with van der Waals surface area (Å²) in [5, 5.41) is 5.45. The van der Waals surface area contributed by atoms with Crippen molar-refractivity contribution in [2.75, 3.05) is 6.54 Å². The van der Waals surface area contributed by atoms with E-state index in [1.54, 1.807) is 0 Å². The predicted molar refractivity (Wildman–Crippen MR) is 61.6 cm³/mol. The van der Waals surface area contributed by atoms with Gasteiger partial charge in [-0.3, -0.25) is 0 Å². The molecule has 1 aromatic carbocycles. The van der Waals surface area contributed by atoms with Crippen molar-refractivity contribution in [3.8, 4) is 0 Å². The maximum absolute atomic E-state index is 6.10. The molecule has 78 valence electrons. The number of halogens is 2. The lowest BCUT2D eigenvalue weighted by molar-refractivity contribution is 0.500. The van der Waals surface area contributed by atoms with Crippen LogP contribution in [0.5, 0.6) is 0 Å². The van der Waals surface area contributed by atoms with Crippen LogP contribution >= 0.6 is 23.2 Å². The maximum Gasteiger partial charge on any atom is 0.154 e. The first kappa shape index (κ1) is 9.52. The molecule has 0 spiro atoms. The fourth-order valence-electron chi connectivity index (χ4n) is 2.02. The number of rotatable bonds is 0. The average molecular weight is 242 g/mol. The Hall–Kier alpha value is -0.700. The van der Waals surface area contributed by atoms with Gasteiger partial charge in [0, 0.05) is 30.5 Å². The molecule has 4 heteroatoms. The Morgan fingerprint density at radius 2 is 2.13 bits per heavy atom. The Bertz CT molecular complexity index is 533. The molecule has 0 saturated heterocycles. The second-order valence-electron chi connectivity index (χ2n) is 3.67. The molecule has 2 heterocycles. The molecule has 1 aliphatic heterocycles. The Kier molecular flexibility index (Phi) is 2.16. The van der Waals surface area contributed by atoms with Crippen LogP contribution in [0.15, 0.2) is 16.5 Å². The van der Waals surface area contributed by atoms with Crippen LogP contribution in [0.1, 0.15) is 11.3 Å². The number of hydrogen-bond acceptors (Lipinski definition) is 2. The zero-order chi connectivity index (χ0) is 10.4. The third-order valence-corrected chi connectivity index (χ3v) is 3.55. The second-order valence-corrected chi connectivity index (χ2v) is 4.45. The normalized spacial score (nSPS) is 15.6. The van der Waals surface area contributed by atoms with Crippen LogP contribution in [0.3, 0.4) is 0 Å². The summed E-state index contributed by atoms with van der Waals surface area (Å²) >= 11 is 12.0. The highest BCUT2D eigenvalue weighted by Crippen LogP contribution is 2.36. The first-order chi connectivity index (χ1) is 7.27. The quantitative estimate of drug-likeness (QED) is 0.765. The fourth-order valence-corrected chi connectivity index (χ4v) is 2.37. The number of hydrogen-bond donors (Lipinski definition) is 1. The second kappa shape index (κ2) is 3.41. The third kappa shape index (κ3) is 1.36. The lowest BCUT2D eigenvalue weighted by Crippen LogP contribution is -2.22. The van der Waals surface area contributed by atoms with Crippen LogP contribution in [0, 0.1) is 0 Å². The molecule has 15 heavy (non-hydrogen) atoms. The van der Waals surface area contributed by atoms with E-state index in [1.165, 1.54) is 5.56 Å². The number of fused-ring (bicyclic) bond motifs is 3. The van der Waals surface area contributed by atoms with E-state index in [-0.39, 0.29) is 0 Å². The van der Waals surface area contributed by atoms with E-state index in [4.69, 9.17) is 27.6 Å².